The highest BCUT2D eigenvalue weighted by Gasteiger charge is 2.12. The SMILES string of the molecule is [2H]C([2H])([2H])Oc1ccc2[nH]c(-c3cccc(F)c3)cc(=O)c2c1O. The molecule has 1 heterocycles. The molecule has 0 fully saturated rings. The number of aromatic amines is 1. The zero-order valence-corrected chi connectivity index (χ0v) is 10.7. The van der Waals surface area contributed by atoms with Crippen molar-refractivity contribution in [3.8, 4) is 22.8 Å². The first kappa shape index (κ1) is 9.99. The Bertz CT molecular complexity index is 982. The minimum absolute atomic E-state index is 0.100. The van der Waals surface area contributed by atoms with Crippen molar-refractivity contribution in [2.75, 3.05) is 7.04 Å². The number of benzene rings is 2. The van der Waals surface area contributed by atoms with Gasteiger partial charge in [0.15, 0.2) is 16.9 Å². The maximum Gasteiger partial charge on any atom is 0.193 e. The van der Waals surface area contributed by atoms with E-state index in [0.29, 0.717) is 11.3 Å². The van der Waals surface area contributed by atoms with E-state index in [-0.39, 0.29) is 16.7 Å². The van der Waals surface area contributed by atoms with Gasteiger partial charge in [-0.15, -0.1) is 0 Å². The molecule has 0 unspecified atom stereocenters. The number of aromatic hydroxyl groups is 1. The third-order valence-electron chi connectivity index (χ3n) is 3.18. The number of ether oxygens (including phenoxy) is 1. The number of nitrogens with one attached hydrogen (secondary N) is 1. The number of methoxy groups -OCH3 is 1. The lowest BCUT2D eigenvalue weighted by atomic mass is 10.1. The summed E-state index contributed by atoms with van der Waals surface area (Å²) >= 11 is 0. The number of pyridine rings is 1. The first-order valence-electron chi connectivity index (χ1n) is 7.58. The molecule has 2 aromatic carbocycles. The van der Waals surface area contributed by atoms with Crippen LogP contribution in [0.3, 0.4) is 0 Å². The number of aromatic nitrogens is 1. The predicted molar refractivity (Wildman–Crippen MR) is 78.2 cm³/mol. The molecule has 0 atom stereocenters. The fourth-order valence-corrected chi connectivity index (χ4v) is 2.20. The van der Waals surface area contributed by atoms with Gasteiger partial charge in [0.05, 0.1) is 22.1 Å². The third-order valence-corrected chi connectivity index (χ3v) is 3.18. The van der Waals surface area contributed by atoms with Gasteiger partial charge >= 0.3 is 0 Å². The van der Waals surface area contributed by atoms with Crippen LogP contribution < -0.4 is 10.2 Å². The van der Waals surface area contributed by atoms with Crippen LogP contribution in [-0.2, 0) is 0 Å². The van der Waals surface area contributed by atoms with Crippen molar-refractivity contribution in [1.29, 1.82) is 0 Å². The molecule has 0 spiro atoms. The summed E-state index contributed by atoms with van der Waals surface area (Å²) in [5.74, 6) is -1.32. The van der Waals surface area contributed by atoms with Gasteiger partial charge in [-0.1, -0.05) is 12.1 Å². The highest BCUT2D eigenvalue weighted by atomic mass is 19.1. The molecule has 0 amide bonds. The van der Waals surface area contributed by atoms with Gasteiger partial charge in [0.2, 0.25) is 0 Å². The van der Waals surface area contributed by atoms with Crippen LogP contribution in [0.5, 0.6) is 11.5 Å². The fourth-order valence-electron chi connectivity index (χ4n) is 2.20. The first-order chi connectivity index (χ1) is 11.2. The van der Waals surface area contributed by atoms with Crippen LogP contribution in [0.1, 0.15) is 4.11 Å². The molecule has 0 aliphatic heterocycles. The van der Waals surface area contributed by atoms with Crippen molar-refractivity contribution in [2.24, 2.45) is 0 Å². The number of rotatable bonds is 2. The minimum atomic E-state index is -2.75. The molecule has 2 N–H and O–H groups in total. The largest absolute Gasteiger partial charge is 0.504 e. The summed E-state index contributed by atoms with van der Waals surface area (Å²) in [6.45, 7) is 0. The van der Waals surface area contributed by atoms with Crippen molar-refractivity contribution in [2.45, 2.75) is 0 Å². The van der Waals surface area contributed by atoms with Crippen LogP contribution in [0.15, 0.2) is 47.3 Å². The van der Waals surface area contributed by atoms with Gasteiger partial charge in [0.1, 0.15) is 5.82 Å². The van der Waals surface area contributed by atoms with Gasteiger partial charge in [0.25, 0.3) is 0 Å². The molecule has 1 aromatic heterocycles. The van der Waals surface area contributed by atoms with Gasteiger partial charge < -0.3 is 14.8 Å². The first-order valence-corrected chi connectivity index (χ1v) is 6.08. The van der Waals surface area contributed by atoms with E-state index >= 15 is 0 Å². The summed E-state index contributed by atoms with van der Waals surface area (Å²) in [4.78, 5) is 15.2. The van der Waals surface area contributed by atoms with Crippen LogP contribution in [0.4, 0.5) is 4.39 Å². The summed E-state index contributed by atoms with van der Waals surface area (Å²) in [5.41, 5.74) is 0.570. The lowest BCUT2D eigenvalue weighted by Gasteiger charge is -2.08. The molecule has 0 saturated heterocycles. The molecule has 0 aliphatic rings. The zero-order valence-electron chi connectivity index (χ0n) is 13.7. The molecule has 3 aromatic rings. The van der Waals surface area contributed by atoms with E-state index < -0.39 is 24.0 Å². The smallest absolute Gasteiger partial charge is 0.193 e. The minimum Gasteiger partial charge on any atom is -0.504 e. The number of fused-ring (bicyclic) bond motifs is 1. The monoisotopic (exact) mass is 288 g/mol. The number of hydrogen-bond acceptors (Lipinski definition) is 3. The van der Waals surface area contributed by atoms with E-state index in [1.807, 2.05) is 0 Å². The van der Waals surface area contributed by atoms with Crippen LogP contribution in [0, 0.1) is 5.82 Å². The Morgan fingerprint density at radius 3 is 2.90 bits per heavy atom. The second-order valence-electron chi connectivity index (χ2n) is 4.49. The van der Waals surface area contributed by atoms with Crippen LogP contribution >= 0.6 is 0 Å². The quantitative estimate of drug-likeness (QED) is 0.762. The van der Waals surface area contributed by atoms with Gasteiger partial charge in [-0.25, -0.2) is 4.39 Å². The molecule has 0 saturated carbocycles. The standard InChI is InChI=1S/C16H12FNO3/c1-21-14-6-5-11-15(16(14)20)13(19)8-12(18-11)9-3-2-4-10(17)7-9/h2-8,20H,1H3,(H,18,19)/i1D3. The molecular formula is C16H12FNO3. The molecule has 106 valence electrons. The highest BCUT2D eigenvalue weighted by molar-refractivity contribution is 5.89. The molecule has 21 heavy (non-hydrogen) atoms. The number of phenols is 1. The number of H-pyrrole nitrogens is 1. The van der Waals surface area contributed by atoms with Crippen LogP contribution in [0.25, 0.3) is 22.2 Å². The molecule has 3 rings (SSSR count). The van der Waals surface area contributed by atoms with Crippen molar-refractivity contribution in [3.63, 3.8) is 0 Å². The average molecular weight is 288 g/mol. The lowest BCUT2D eigenvalue weighted by molar-refractivity contribution is 0.376. The Labute approximate surface area is 123 Å². The number of phenolic OH excluding ortho intramolecular Hbond substituents is 1. The highest BCUT2D eigenvalue weighted by Crippen LogP contribution is 2.32. The topological polar surface area (TPSA) is 62.3 Å². The van der Waals surface area contributed by atoms with Crippen molar-refractivity contribution in [1.82, 2.24) is 4.98 Å². The molecule has 5 heteroatoms. The summed E-state index contributed by atoms with van der Waals surface area (Å²) in [6, 6.07) is 9.56. The molecule has 0 radical (unpaired) electrons. The van der Waals surface area contributed by atoms with Crippen molar-refractivity contribution in [3.05, 3.63) is 58.5 Å². The van der Waals surface area contributed by atoms with E-state index in [1.54, 1.807) is 6.07 Å². The van der Waals surface area contributed by atoms with Gasteiger partial charge in [-0.3, -0.25) is 4.79 Å². The normalized spacial score (nSPS) is 13.5. The van der Waals surface area contributed by atoms with Gasteiger partial charge in [-0.2, -0.15) is 0 Å². The van der Waals surface area contributed by atoms with E-state index in [1.165, 1.54) is 36.4 Å². The van der Waals surface area contributed by atoms with Crippen molar-refractivity contribution < 1.29 is 18.3 Å². The Hall–Kier alpha value is -2.82. The van der Waals surface area contributed by atoms with E-state index in [4.69, 9.17) is 4.11 Å². The van der Waals surface area contributed by atoms with E-state index in [0.717, 1.165) is 0 Å². The molecule has 0 bridgehead atoms. The number of halogens is 1. The molecular weight excluding hydrogens is 273 g/mol. The lowest BCUT2D eigenvalue weighted by Crippen LogP contribution is -2.04. The second kappa shape index (κ2) is 4.94. The summed E-state index contributed by atoms with van der Waals surface area (Å²) in [7, 11) is -2.75. The summed E-state index contributed by atoms with van der Waals surface area (Å²) < 4.78 is 39.2. The van der Waals surface area contributed by atoms with Crippen molar-refractivity contribution >= 4 is 10.9 Å². The third kappa shape index (κ3) is 2.23. The Morgan fingerprint density at radius 1 is 1.29 bits per heavy atom. The van der Waals surface area contributed by atoms with Crippen LogP contribution in [-0.4, -0.2) is 17.1 Å². The maximum atomic E-state index is 13.3. The van der Waals surface area contributed by atoms with Gasteiger partial charge in [0, 0.05) is 17.3 Å². The van der Waals surface area contributed by atoms with E-state index in [9.17, 15) is 14.3 Å². The second-order valence-corrected chi connectivity index (χ2v) is 4.49. The number of hydrogen-bond donors (Lipinski definition) is 2. The molecule has 4 nitrogen and oxygen atoms in total. The van der Waals surface area contributed by atoms with E-state index in [2.05, 4.69) is 9.72 Å². The summed E-state index contributed by atoms with van der Waals surface area (Å²) in [6.07, 6.45) is 0. The van der Waals surface area contributed by atoms with Crippen LogP contribution in [0.2, 0.25) is 0 Å². The maximum absolute atomic E-state index is 13.3. The fraction of sp³-hybridized carbons (Fsp3) is 0.0625. The Morgan fingerprint density at radius 2 is 2.14 bits per heavy atom. The predicted octanol–water partition coefficient (Wildman–Crippen LogP) is 3.05. The average Bonchev–Trinajstić information content (AvgIpc) is 2.48. The Kier molecular flexibility index (Phi) is 2.35. The Balaban J connectivity index is 2.17. The summed E-state index contributed by atoms with van der Waals surface area (Å²) in [5, 5.41) is 10.0. The van der Waals surface area contributed by atoms with Gasteiger partial charge in [-0.05, 0) is 24.3 Å². The molecule has 0 aliphatic carbocycles. The zero-order chi connectivity index (χ0) is 17.5.